The van der Waals surface area contributed by atoms with Gasteiger partial charge in [-0.2, -0.15) is 0 Å². The van der Waals surface area contributed by atoms with Crippen molar-refractivity contribution in [2.75, 3.05) is 13.1 Å². The molecule has 0 aliphatic heterocycles. The van der Waals surface area contributed by atoms with Crippen molar-refractivity contribution < 1.29 is 0 Å². The molecule has 3 nitrogen and oxygen atoms in total. The Hall–Kier alpha value is 0.01000. The van der Waals surface area contributed by atoms with Crippen LogP contribution in [0, 0.1) is 0 Å². The first kappa shape index (κ1) is 28.8. The van der Waals surface area contributed by atoms with Crippen LogP contribution in [0.4, 0.5) is 0 Å². The molecule has 0 aliphatic rings. The highest BCUT2D eigenvalue weighted by atomic mass is 35.5. The normalized spacial score (nSPS) is 11.0. The minimum absolute atomic E-state index is 0. The Morgan fingerprint density at radius 1 is 0.667 bits per heavy atom. The molecule has 0 saturated carbocycles. The lowest BCUT2D eigenvalue weighted by Crippen LogP contribution is -2.17. The SMILES string of the molecule is CCCCCCCCCCCCCCCCN=C(N)CCN.Cl.Cl. The Morgan fingerprint density at radius 3 is 1.42 bits per heavy atom. The van der Waals surface area contributed by atoms with Gasteiger partial charge in [-0.25, -0.2) is 0 Å². The van der Waals surface area contributed by atoms with Gasteiger partial charge >= 0.3 is 0 Å². The van der Waals surface area contributed by atoms with E-state index in [1.54, 1.807) is 0 Å². The number of halogens is 2. The molecule has 0 spiro atoms. The van der Waals surface area contributed by atoms with Gasteiger partial charge in [-0.1, -0.05) is 90.4 Å². The molecule has 24 heavy (non-hydrogen) atoms. The van der Waals surface area contributed by atoms with E-state index in [2.05, 4.69) is 11.9 Å². The summed E-state index contributed by atoms with van der Waals surface area (Å²) in [5.41, 5.74) is 11.1. The van der Waals surface area contributed by atoms with Crippen LogP contribution in [0.15, 0.2) is 4.99 Å². The molecule has 0 saturated heterocycles. The Kier molecular flexibility index (Phi) is 30.3. The first-order valence-electron chi connectivity index (χ1n) is 9.80. The van der Waals surface area contributed by atoms with Crippen LogP contribution in [0.25, 0.3) is 0 Å². The highest BCUT2D eigenvalue weighted by Gasteiger charge is 1.94. The van der Waals surface area contributed by atoms with Crippen LogP contribution in [-0.4, -0.2) is 18.9 Å². The quantitative estimate of drug-likeness (QED) is 0.183. The summed E-state index contributed by atoms with van der Waals surface area (Å²) in [6.45, 7) is 3.77. The average molecular weight is 384 g/mol. The van der Waals surface area contributed by atoms with E-state index >= 15 is 0 Å². The van der Waals surface area contributed by atoms with Crippen molar-refractivity contribution in [1.82, 2.24) is 0 Å². The molecule has 0 amide bonds. The number of nitrogens with two attached hydrogens (primary N) is 2. The summed E-state index contributed by atoms with van der Waals surface area (Å²) in [5, 5.41) is 0. The van der Waals surface area contributed by atoms with Gasteiger partial charge in [0.1, 0.15) is 0 Å². The Morgan fingerprint density at radius 2 is 1.04 bits per heavy atom. The molecule has 5 heteroatoms. The Balaban J connectivity index is -0.00000220. The van der Waals surface area contributed by atoms with Crippen LogP contribution >= 0.6 is 24.8 Å². The summed E-state index contributed by atoms with van der Waals surface area (Å²) in [5.74, 6) is 0.720. The fourth-order valence-corrected chi connectivity index (χ4v) is 2.76. The zero-order chi connectivity index (χ0) is 16.3. The minimum Gasteiger partial charge on any atom is -0.387 e. The zero-order valence-electron chi connectivity index (χ0n) is 15.9. The summed E-state index contributed by atoms with van der Waals surface area (Å²) in [6.07, 6.45) is 20.2. The molecule has 0 heterocycles. The lowest BCUT2D eigenvalue weighted by atomic mass is 10.0. The summed E-state index contributed by atoms with van der Waals surface area (Å²) >= 11 is 0. The molecule has 0 aromatic heterocycles. The third-order valence-corrected chi connectivity index (χ3v) is 4.23. The van der Waals surface area contributed by atoms with Crippen molar-refractivity contribution >= 4 is 30.6 Å². The summed E-state index contributed by atoms with van der Waals surface area (Å²) in [7, 11) is 0. The maximum atomic E-state index is 5.71. The maximum absolute atomic E-state index is 5.71. The number of hydrogen-bond donors (Lipinski definition) is 2. The highest BCUT2D eigenvalue weighted by Crippen LogP contribution is 2.12. The third-order valence-electron chi connectivity index (χ3n) is 4.23. The van der Waals surface area contributed by atoms with Crippen molar-refractivity contribution in [2.24, 2.45) is 16.5 Å². The van der Waals surface area contributed by atoms with Gasteiger partial charge in [0.2, 0.25) is 0 Å². The summed E-state index contributed by atoms with van der Waals surface area (Å²) < 4.78 is 0. The monoisotopic (exact) mass is 383 g/mol. The van der Waals surface area contributed by atoms with E-state index in [0.29, 0.717) is 6.54 Å². The van der Waals surface area contributed by atoms with Crippen LogP contribution in [0.5, 0.6) is 0 Å². The lowest BCUT2D eigenvalue weighted by Gasteiger charge is -2.03. The van der Waals surface area contributed by atoms with Crippen LogP contribution in [0.2, 0.25) is 0 Å². The van der Waals surface area contributed by atoms with Crippen molar-refractivity contribution in [1.29, 1.82) is 0 Å². The zero-order valence-corrected chi connectivity index (χ0v) is 17.6. The molecule has 0 unspecified atom stereocenters. The third kappa shape index (κ3) is 24.3. The van der Waals surface area contributed by atoms with Gasteiger partial charge in [0.05, 0.1) is 5.84 Å². The van der Waals surface area contributed by atoms with Gasteiger partial charge in [0, 0.05) is 13.0 Å². The van der Waals surface area contributed by atoms with Crippen molar-refractivity contribution in [3.05, 3.63) is 0 Å². The van der Waals surface area contributed by atoms with Crippen LogP contribution in [0.3, 0.4) is 0 Å². The number of rotatable bonds is 17. The number of unbranched alkanes of at least 4 members (excludes halogenated alkanes) is 13. The highest BCUT2D eigenvalue weighted by molar-refractivity contribution is 5.85. The average Bonchev–Trinajstić information content (AvgIpc) is 2.51. The molecule has 4 N–H and O–H groups in total. The summed E-state index contributed by atoms with van der Waals surface area (Å²) in [6, 6.07) is 0. The topological polar surface area (TPSA) is 64.4 Å². The van der Waals surface area contributed by atoms with E-state index in [1.807, 2.05) is 0 Å². The van der Waals surface area contributed by atoms with E-state index in [-0.39, 0.29) is 24.8 Å². The molecule has 0 aromatic rings. The largest absolute Gasteiger partial charge is 0.387 e. The van der Waals surface area contributed by atoms with Crippen LogP contribution in [-0.2, 0) is 0 Å². The molecule has 0 aromatic carbocycles. The molecular formula is C19H43Cl2N3. The molecule has 0 bridgehead atoms. The second kappa shape index (κ2) is 25.3. The fourth-order valence-electron chi connectivity index (χ4n) is 2.76. The second-order valence-electron chi connectivity index (χ2n) is 6.51. The van der Waals surface area contributed by atoms with Crippen molar-refractivity contribution in [3.63, 3.8) is 0 Å². The number of hydrogen-bond acceptors (Lipinski definition) is 2. The molecule has 0 fully saturated rings. The Labute approximate surface area is 163 Å². The van der Waals surface area contributed by atoms with Crippen LogP contribution in [0.1, 0.15) is 103 Å². The molecular weight excluding hydrogens is 341 g/mol. The van der Waals surface area contributed by atoms with Gasteiger partial charge in [-0.05, 0) is 13.0 Å². The number of aliphatic imine (C=N–C) groups is 1. The van der Waals surface area contributed by atoms with Gasteiger partial charge < -0.3 is 11.5 Å². The minimum atomic E-state index is 0. The number of nitrogens with zero attached hydrogens (tertiary/aromatic N) is 1. The van der Waals surface area contributed by atoms with E-state index < -0.39 is 0 Å². The molecule has 148 valence electrons. The first-order chi connectivity index (χ1) is 10.8. The summed E-state index contributed by atoms with van der Waals surface area (Å²) in [4.78, 5) is 4.32. The van der Waals surface area contributed by atoms with Gasteiger partial charge in [-0.3, -0.25) is 4.99 Å². The molecule has 0 radical (unpaired) electrons. The fraction of sp³-hybridized carbons (Fsp3) is 0.947. The maximum Gasteiger partial charge on any atom is 0.0949 e. The Bertz CT molecular complexity index is 249. The number of amidine groups is 1. The van der Waals surface area contributed by atoms with E-state index in [9.17, 15) is 0 Å². The predicted molar refractivity (Wildman–Crippen MR) is 115 cm³/mol. The van der Waals surface area contributed by atoms with E-state index in [0.717, 1.165) is 18.8 Å². The lowest BCUT2D eigenvalue weighted by molar-refractivity contribution is 0.536. The van der Waals surface area contributed by atoms with Crippen LogP contribution < -0.4 is 11.5 Å². The van der Waals surface area contributed by atoms with Gasteiger partial charge in [-0.15, -0.1) is 24.8 Å². The second-order valence-corrected chi connectivity index (χ2v) is 6.51. The van der Waals surface area contributed by atoms with E-state index in [4.69, 9.17) is 11.5 Å². The van der Waals surface area contributed by atoms with E-state index in [1.165, 1.54) is 89.9 Å². The molecule has 0 rings (SSSR count). The predicted octanol–water partition coefficient (Wildman–Crippen LogP) is 6.02. The smallest absolute Gasteiger partial charge is 0.0949 e. The van der Waals surface area contributed by atoms with Gasteiger partial charge in [0.25, 0.3) is 0 Å². The van der Waals surface area contributed by atoms with Gasteiger partial charge in [0.15, 0.2) is 0 Å². The van der Waals surface area contributed by atoms with Crippen molar-refractivity contribution in [3.8, 4) is 0 Å². The molecule has 0 aliphatic carbocycles. The van der Waals surface area contributed by atoms with Crippen molar-refractivity contribution in [2.45, 2.75) is 103 Å². The molecule has 0 atom stereocenters. The first-order valence-corrected chi connectivity index (χ1v) is 9.80. The standard InChI is InChI=1S/C19H41N3.2ClH/c1-2-3-4-5-6-7-8-9-10-11-12-13-14-15-18-22-19(21)16-17-20;;/h2-18,20H2,1H3,(H2,21,22);2*1H.